The number of hydrogen-bond donors (Lipinski definition) is 1. The van der Waals surface area contributed by atoms with E-state index in [2.05, 4.69) is 70.0 Å². The number of benzene rings is 1. The highest BCUT2D eigenvalue weighted by Gasteiger charge is 2.36. The molecule has 1 N–H and O–H groups in total. The Morgan fingerprint density at radius 2 is 1.67 bits per heavy atom. The maximum atomic E-state index is 12.7. The Labute approximate surface area is 203 Å². The molecule has 6 nitrogen and oxygen atoms in total. The van der Waals surface area contributed by atoms with Crippen molar-refractivity contribution < 1.29 is 9.16 Å². The van der Waals surface area contributed by atoms with Crippen LogP contribution in [0.2, 0.25) is 37.8 Å². The smallest absolute Gasteiger partial charge is 0.331 e. The fraction of sp³-hybridized carbons (Fsp3) is 0.500. The molecular weight excluding hydrogens is 469 g/mol. The first-order chi connectivity index (χ1) is 15.2. The Morgan fingerprint density at radius 1 is 1.03 bits per heavy atom. The van der Waals surface area contributed by atoms with E-state index in [1.54, 1.807) is 0 Å². The first kappa shape index (κ1) is 27.4. The summed E-state index contributed by atoms with van der Waals surface area (Å²) in [6.45, 7) is 18.1. The lowest BCUT2D eigenvalue weighted by Crippen LogP contribution is -2.41. The highest BCUT2D eigenvalue weighted by molar-refractivity contribution is 7.99. The molecule has 2 aromatic rings. The predicted octanol–water partition coefficient (Wildman–Crippen LogP) is 4.91. The van der Waals surface area contributed by atoms with Crippen LogP contribution in [0.5, 0.6) is 0 Å². The third-order valence-corrected chi connectivity index (χ3v) is 11.9. The van der Waals surface area contributed by atoms with Crippen LogP contribution in [-0.4, -0.2) is 39.2 Å². The van der Waals surface area contributed by atoms with E-state index in [-0.39, 0.29) is 11.8 Å². The number of rotatable bonds is 8. The summed E-state index contributed by atoms with van der Waals surface area (Å²) in [7, 11) is -3.60. The van der Waals surface area contributed by atoms with Gasteiger partial charge in [-0.3, -0.25) is 14.3 Å². The zero-order chi connectivity index (χ0) is 24.9. The summed E-state index contributed by atoms with van der Waals surface area (Å²) in [4.78, 5) is 28.7. The second-order valence-corrected chi connectivity index (χ2v) is 21.1. The molecule has 0 fully saturated rings. The average Bonchev–Trinajstić information content (AvgIpc) is 2.68. The van der Waals surface area contributed by atoms with Gasteiger partial charge in [-0.2, -0.15) is 0 Å². The summed E-state index contributed by atoms with van der Waals surface area (Å²) >= 11 is 1.34. The Hall–Kier alpha value is -1.84. The van der Waals surface area contributed by atoms with E-state index in [0.717, 1.165) is 4.90 Å². The van der Waals surface area contributed by atoms with Gasteiger partial charge in [-0.15, -0.1) is 5.54 Å². The average molecular weight is 505 g/mol. The Balaban J connectivity index is 2.31. The second kappa shape index (κ2) is 11.1. The van der Waals surface area contributed by atoms with Crippen LogP contribution in [0.4, 0.5) is 0 Å². The molecular formula is C24H36N2O4SSi2. The minimum Gasteiger partial charge on any atom is -0.414 e. The van der Waals surface area contributed by atoms with Crippen molar-refractivity contribution in [2.24, 2.45) is 0 Å². The summed E-state index contributed by atoms with van der Waals surface area (Å²) in [5.41, 5.74) is 2.56. The van der Waals surface area contributed by atoms with Crippen LogP contribution in [-0.2, 0) is 15.9 Å². The fourth-order valence-corrected chi connectivity index (χ4v) is 5.00. The molecule has 0 aliphatic carbocycles. The molecule has 0 bridgehead atoms. The Kier molecular flexibility index (Phi) is 9.19. The van der Waals surface area contributed by atoms with Crippen LogP contribution in [0, 0.1) is 11.5 Å². The van der Waals surface area contributed by atoms with Crippen LogP contribution >= 0.6 is 11.8 Å². The van der Waals surface area contributed by atoms with E-state index in [9.17, 15) is 9.59 Å². The van der Waals surface area contributed by atoms with Crippen LogP contribution in [0.1, 0.15) is 26.3 Å². The normalized spacial score (nSPS) is 12.4. The SMILES string of the molecule is CC(C)(C)[Si](C)(C)OCCOCn1c(Sc2ccccc2)c(C#C[Si](C)(C)C)c(=O)[nH]c1=O. The fourth-order valence-electron chi connectivity index (χ4n) is 2.46. The minimum atomic E-state index is -1.87. The van der Waals surface area contributed by atoms with E-state index in [4.69, 9.17) is 9.16 Å². The van der Waals surface area contributed by atoms with Gasteiger partial charge in [-0.1, -0.05) is 76.3 Å². The predicted molar refractivity (Wildman–Crippen MR) is 141 cm³/mol. The van der Waals surface area contributed by atoms with Gasteiger partial charge in [0.25, 0.3) is 5.56 Å². The van der Waals surface area contributed by atoms with Gasteiger partial charge in [0.1, 0.15) is 25.4 Å². The number of ether oxygens (including phenoxy) is 1. The molecule has 0 aliphatic heterocycles. The van der Waals surface area contributed by atoms with Crippen molar-refractivity contribution in [1.82, 2.24) is 9.55 Å². The highest BCUT2D eigenvalue weighted by atomic mass is 32.2. The molecule has 2 rings (SSSR count). The van der Waals surface area contributed by atoms with Gasteiger partial charge in [0, 0.05) is 4.90 Å². The van der Waals surface area contributed by atoms with E-state index in [0.29, 0.717) is 23.8 Å². The molecule has 0 unspecified atom stereocenters. The number of nitrogens with one attached hydrogen (secondary N) is 1. The Bertz CT molecular complexity index is 1120. The number of nitrogens with zero attached hydrogens (tertiary/aromatic N) is 1. The quantitative estimate of drug-likeness (QED) is 0.239. The van der Waals surface area contributed by atoms with E-state index in [1.165, 1.54) is 16.3 Å². The first-order valence-corrected chi connectivity index (χ1v) is 18.3. The number of aromatic amines is 1. The lowest BCUT2D eigenvalue weighted by atomic mass is 10.2. The molecule has 0 atom stereocenters. The molecule has 1 aromatic carbocycles. The standard InChI is InChI=1S/C24H36N2O4SSi2/c1-24(2,3)33(7,8)30-16-15-29-18-26-22(31-19-12-10-9-11-13-19)20(14-17-32(4,5)6)21(27)25-23(26)28/h9-13H,15-16,18H2,1-8H3,(H,25,27,28). The molecule has 1 heterocycles. The topological polar surface area (TPSA) is 73.3 Å². The summed E-state index contributed by atoms with van der Waals surface area (Å²) in [5, 5.41) is 0.609. The van der Waals surface area contributed by atoms with Crippen LogP contribution in [0.3, 0.4) is 0 Å². The molecule has 33 heavy (non-hydrogen) atoms. The van der Waals surface area contributed by atoms with Crippen molar-refractivity contribution in [1.29, 1.82) is 0 Å². The third kappa shape index (κ3) is 8.16. The minimum absolute atomic E-state index is 0.00721. The summed E-state index contributed by atoms with van der Waals surface area (Å²) in [5.74, 6) is 3.06. The van der Waals surface area contributed by atoms with Crippen molar-refractivity contribution >= 4 is 28.2 Å². The van der Waals surface area contributed by atoms with Gasteiger partial charge in [-0.25, -0.2) is 4.79 Å². The van der Waals surface area contributed by atoms with E-state index < -0.39 is 27.6 Å². The maximum Gasteiger partial charge on any atom is 0.331 e. The molecule has 1 aromatic heterocycles. The number of aromatic nitrogens is 2. The highest BCUT2D eigenvalue weighted by Crippen LogP contribution is 2.36. The largest absolute Gasteiger partial charge is 0.414 e. The van der Waals surface area contributed by atoms with Gasteiger partial charge < -0.3 is 9.16 Å². The van der Waals surface area contributed by atoms with Gasteiger partial charge in [-0.05, 0) is 30.3 Å². The molecule has 9 heteroatoms. The molecule has 0 radical (unpaired) electrons. The molecule has 180 valence electrons. The number of H-pyrrole nitrogens is 1. The Morgan fingerprint density at radius 3 is 2.24 bits per heavy atom. The zero-order valence-corrected chi connectivity index (χ0v) is 23.8. The summed E-state index contributed by atoms with van der Waals surface area (Å²) in [6.07, 6.45) is 0. The first-order valence-electron chi connectivity index (χ1n) is 11.1. The van der Waals surface area contributed by atoms with Gasteiger partial charge in [0.05, 0.1) is 13.2 Å². The summed E-state index contributed by atoms with van der Waals surface area (Å²) < 4.78 is 13.4. The molecule has 0 saturated carbocycles. The van der Waals surface area contributed by atoms with Crippen LogP contribution < -0.4 is 11.2 Å². The second-order valence-electron chi connectivity index (χ2n) is 10.4. The van der Waals surface area contributed by atoms with Gasteiger partial charge in [0.15, 0.2) is 8.32 Å². The van der Waals surface area contributed by atoms with Crippen molar-refractivity contribution in [3.63, 3.8) is 0 Å². The molecule has 0 saturated heterocycles. The van der Waals surface area contributed by atoms with Gasteiger partial charge in [0.2, 0.25) is 0 Å². The molecule has 0 aliphatic rings. The monoisotopic (exact) mass is 504 g/mol. The van der Waals surface area contributed by atoms with E-state index >= 15 is 0 Å². The van der Waals surface area contributed by atoms with Crippen molar-refractivity contribution in [3.05, 3.63) is 56.7 Å². The summed E-state index contributed by atoms with van der Waals surface area (Å²) in [6, 6.07) is 9.63. The van der Waals surface area contributed by atoms with E-state index in [1.807, 2.05) is 30.3 Å². The lowest BCUT2D eigenvalue weighted by Gasteiger charge is -2.36. The van der Waals surface area contributed by atoms with Crippen LogP contribution in [0.15, 0.2) is 49.8 Å². The van der Waals surface area contributed by atoms with Crippen molar-refractivity contribution in [2.75, 3.05) is 13.2 Å². The number of hydrogen-bond acceptors (Lipinski definition) is 5. The van der Waals surface area contributed by atoms with Crippen molar-refractivity contribution in [3.8, 4) is 11.5 Å². The van der Waals surface area contributed by atoms with Crippen LogP contribution in [0.25, 0.3) is 0 Å². The van der Waals surface area contributed by atoms with Gasteiger partial charge >= 0.3 is 5.69 Å². The lowest BCUT2D eigenvalue weighted by molar-refractivity contribution is 0.0437. The van der Waals surface area contributed by atoms with Crippen molar-refractivity contribution in [2.45, 2.75) is 75.2 Å². The zero-order valence-electron chi connectivity index (χ0n) is 21.0. The maximum absolute atomic E-state index is 12.7. The third-order valence-electron chi connectivity index (χ3n) is 5.39. The molecule has 0 spiro atoms. The molecule has 0 amide bonds.